The summed E-state index contributed by atoms with van der Waals surface area (Å²) in [4.78, 5) is 0. The number of aryl methyl sites for hydroxylation is 8. The van der Waals surface area contributed by atoms with Gasteiger partial charge >= 0.3 is 0 Å². The molecule has 2 atom stereocenters. The third-order valence-electron chi connectivity index (χ3n) is 11.0. The van der Waals surface area contributed by atoms with Gasteiger partial charge in [0.15, 0.2) is 0 Å². The molecule has 0 fully saturated rings. The molecule has 2 aliphatic heterocycles. The van der Waals surface area contributed by atoms with Crippen LogP contribution in [0.3, 0.4) is 0 Å². The maximum atomic E-state index is 7.47. The molecule has 0 amide bonds. The first-order valence-corrected chi connectivity index (χ1v) is 22.7. The molecule has 55 heavy (non-hydrogen) atoms. The molecule has 0 aliphatic carbocycles. The van der Waals surface area contributed by atoms with Crippen LogP contribution in [0.25, 0.3) is 0 Å². The smallest absolute Gasteiger partial charge is 0.131 e. The van der Waals surface area contributed by atoms with Gasteiger partial charge in [0, 0.05) is 23.5 Å². The molecule has 0 unspecified atom stereocenters. The summed E-state index contributed by atoms with van der Waals surface area (Å²) in [5.74, 6) is 2.17. The zero-order valence-corrected chi connectivity index (χ0v) is 35.6. The monoisotopic (exact) mass is 760 g/mol. The molecule has 0 saturated carbocycles. The largest absolute Gasteiger partial charge is 0.489 e. The van der Waals surface area contributed by atoms with Crippen LogP contribution in [-0.2, 0) is 12.8 Å². The highest BCUT2D eigenvalue weighted by Crippen LogP contribution is 2.44. The van der Waals surface area contributed by atoms with Crippen LogP contribution in [0, 0.1) is 55.4 Å². The van der Waals surface area contributed by atoms with E-state index in [4.69, 9.17) is 9.47 Å². The number of ether oxygens (including phenoxy) is 2. The second-order valence-electron chi connectivity index (χ2n) is 16.4. The first kappa shape index (κ1) is 37.7. The molecule has 2 nitrogen and oxygen atoms in total. The lowest BCUT2D eigenvalue weighted by Gasteiger charge is -2.31. The van der Waals surface area contributed by atoms with Crippen LogP contribution in [0.5, 0.6) is 11.5 Å². The zero-order valence-electron chi connectivity index (χ0n) is 33.8. The quantitative estimate of drug-likeness (QED) is 0.158. The first-order chi connectivity index (χ1) is 26.5. The van der Waals surface area contributed by atoms with E-state index in [1.807, 2.05) is 0 Å². The number of hydrogen-bond donors (Lipinski definition) is 0. The van der Waals surface area contributed by atoms with Crippen LogP contribution < -0.4 is 41.3 Å². The van der Waals surface area contributed by atoms with Crippen molar-refractivity contribution in [3.63, 3.8) is 0 Å². The summed E-state index contributed by atoms with van der Waals surface area (Å²) in [7, 11) is -1.74. The lowest BCUT2D eigenvalue weighted by Crippen LogP contribution is -2.31. The fraction of sp³-hybridized carbons (Fsp3) is 0.294. The molecule has 0 radical (unpaired) electrons. The van der Waals surface area contributed by atoms with E-state index in [-0.39, 0.29) is 12.2 Å². The van der Waals surface area contributed by atoms with Crippen LogP contribution in [0.15, 0.2) is 109 Å². The molecule has 2 aliphatic rings. The predicted molar refractivity (Wildman–Crippen MR) is 238 cm³/mol. The van der Waals surface area contributed by atoms with Crippen molar-refractivity contribution in [1.29, 1.82) is 0 Å². The SMILES string of the molecule is Cc1cc(C)cc(P(c2cc(C)cc(C)c2)c2cccc3c2O[C@@H]2CCC[C@H](C3)Oc3c(cccc3P(c3cc(C)cc(C)c3)c3cc(C)cc(C)c3)C2)c1. The van der Waals surface area contributed by atoms with Gasteiger partial charge in [-0.3, -0.25) is 0 Å². The molecule has 4 heteroatoms. The number of benzene rings is 6. The highest BCUT2D eigenvalue weighted by Gasteiger charge is 2.32. The van der Waals surface area contributed by atoms with Crippen molar-refractivity contribution in [3.8, 4) is 11.5 Å². The summed E-state index contributed by atoms with van der Waals surface area (Å²) in [6.45, 7) is 17.8. The minimum atomic E-state index is -0.871. The maximum absolute atomic E-state index is 7.47. The lowest BCUT2D eigenvalue weighted by atomic mass is 10.0. The zero-order chi connectivity index (χ0) is 38.4. The van der Waals surface area contributed by atoms with E-state index in [1.165, 1.54) is 87.5 Å². The molecule has 0 aromatic heterocycles. The standard InChI is InChI=1S/C51H54O2P2/c1-32-18-33(2)23-44(22-32)54(45-24-34(3)19-35(4)25-45)48-16-9-12-40-30-43-15-11-14-42(52-50(40)48)31-41-13-10-17-49(51(41)53-43)55(46-26-36(5)20-37(6)27-46)47-28-38(7)21-39(8)29-47/h9-10,12-13,16-29,42-43H,11,14-15,30-31H2,1-8H3/t42-,43-/m1/s1. The second-order valence-corrected chi connectivity index (χ2v) is 20.8. The minimum absolute atomic E-state index is 0.0401. The van der Waals surface area contributed by atoms with Gasteiger partial charge in [-0.05, 0) is 123 Å². The average molecular weight is 761 g/mol. The minimum Gasteiger partial charge on any atom is -0.489 e. The third kappa shape index (κ3) is 8.19. The summed E-state index contributed by atoms with van der Waals surface area (Å²) in [5.41, 5.74) is 13.0. The van der Waals surface area contributed by atoms with Crippen molar-refractivity contribution in [3.05, 3.63) is 165 Å². The Kier molecular flexibility index (Phi) is 10.8. The van der Waals surface area contributed by atoms with Gasteiger partial charge in [0.1, 0.15) is 23.7 Å². The maximum Gasteiger partial charge on any atom is 0.131 e. The van der Waals surface area contributed by atoms with E-state index in [9.17, 15) is 0 Å². The van der Waals surface area contributed by atoms with Gasteiger partial charge in [0.2, 0.25) is 0 Å². The highest BCUT2D eigenvalue weighted by atomic mass is 31.1. The topological polar surface area (TPSA) is 18.5 Å². The summed E-state index contributed by atoms with van der Waals surface area (Å²) in [5, 5.41) is 8.16. The van der Waals surface area contributed by atoms with Gasteiger partial charge < -0.3 is 9.47 Å². The normalized spacial score (nSPS) is 16.6. The summed E-state index contributed by atoms with van der Waals surface area (Å²) < 4.78 is 14.9. The van der Waals surface area contributed by atoms with Crippen molar-refractivity contribution in [2.24, 2.45) is 0 Å². The van der Waals surface area contributed by atoms with Gasteiger partial charge in [-0.15, -0.1) is 0 Å². The number of rotatable bonds is 6. The van der Waals surface area contributed by atoms with Crippen molar-refractivity contribution in [1.82, 2.24) is 0 Å². The van der Waals surface area contributed by atoms with E-state index in [2.05, 4.69) is 165 Å². The van der Waals surface area contributed by atoms with Gasteiger partial charge in [-0.25, -0.2) is 0 Å². The van der Waals surface area contributed by atoms with Gasteiger partial charge in [0.25, 0.3) is 0 Å². The fourth-order valence-electron chi connectivity index (χ4n) is 9.06. The van der Waals surface area contributed by atoms with Crippen molar-refractivity contribution < 1.29 is 9.47 Å². The molecule has 8 rings (SSSR count). The van der Waals surface area contributed by atoms with Gasteiger partial charge in [-0.2, -0.15) is 0 Å². The highest BCUT2D eigenvalue weighted by molar-refractivity contribution is 7.80. The van der Waals surface area contributed by atoms with Crippen LogP contribution in [0.2, 0.25) is 0 Å². The second kappa shape index (κ2) is 15.7. The number of hydrogen-bond acceptors (Lipinski definition) is 2. The Morgan fingerprint density at radius 1 is 0.400 bits per heavy atom. The molecule has 2 heterocycles. The molecular weight excluding hydrogens is 707 g/mol. The fourth-order valence-corrected chi connectivity index (χ4v) is 14.7. The molecule has 6 aromatic carbocycles. The van der Waals surface area contributed by atoms with Gasteiger partial charge in [-0.1, -0.05) is 154 Å². The third-order valence-corrected chi connectivity index (χ3v) is 15.8. The van der Waals surface area contributed by atoms with Crippen LogP contribution in [0.1, 0.15) is 74.9 Å². The van der Waals surface area contributed by atoms with Crippen molar-refractivity contribution in [2.45, 2.75) is 99.7 Å². The van der Waals surface area contributed by atoms with E-state index in [0.717, 1.165) is 43.6 Å². The Labute approximate surface area is 331 Å². The number of para-hydroxylation sites is 2. The summed E-state index contributed by atoms with van der Waals surface area (Å²) >= 11 is 0. The molecule has 6 aromatic rings. The Balaban J connectivity index is 1.27. The molecule has 2 bridgehead atoms. The van der Waals surface area contributed by atoms with Gasteiger partial charge in [0.05, 0.1) is 0 Å². The first-order valence-electron chi connectivity index (χ1n) is 20.0. The molecular formula is C51H54O2P2. The Hall–Kier alpha value is -4.22. The van der Waals surface area contributed by atoms with E-state index >= 15 is 0 Å². The molecule has 0 saturated heterocycles. The molecule has 0 N–H and O–H groups in total. The average Bonchev–Trinajstić information content (AvgIpc) is 3.23. The van der Waals surface area contributed by atoms with Crippen molar-refractivity contribution in [2.75, 3.05) is 0 Å². The Bertz CT molecular complexity index is 2040. The van der Waals surface area contributed by atoms with E-state index in [1.54, 1.807) is 0 Å². The number of fused-ring (bicyclic) bond motifs is 6. The molecule has 280 valence electrons. The van der Waals surface area contributed by atoms with Crippen LogP contribution in [-0.4, -0.2) is 12.2 Å². The summed E-state index contributed by atoms with van der Waals surface area (Å²) in [6.07, 6.45) is 4.80. The summed E-state index contributed by atoms with van der Waals surface area (Å²) in [6, 6.07) is 42.2. The molecule has 0 spiro atoms. The Morgan fingerprint density at radius 3 is 0.982 bits per heavy atom. The van der Waals surface area contributed by atoms with Crippen molar-refractivity contribution >= 4 is 47.7 Å². The van der Waals surface area contributed by atoms with E-state index in [0.29, 0.717) is 0 Å². The lowest BCUT2D eigenvalue weighted by molar-refractivity contribution is 0.189. The van der Waals surface area contributed by atoms with Crippen LogP contribution in [0.4, 0.5) is 0 Å². The predicted octanol–water partition coefficient (Wildman–Crippen LogP) is 10.1. The van der Waals surface area contributed by atoms with E-state index < -0.39 is 15.8 Å². The van der Waals surface area contributed by atoms with Crippen LogP contribution >= 0.6 is 15.8 Å². The Morgan fingerprint density at radius 2 is 0.691 bits per heavy atom.